The third-order valence-corrected chi connectivity index (χ3v) is 3.16. The van der Waals surface area contributed by atoms with Gasteiger partial charge >= 0.3 is 12.1 Å². The van der Waals surface area contributed by atoms with E-state index >= 15 is 0 Å². The van der Waals surface area contributed by atoms with Crippen molar-refractivity contribution in [1.29, 1.82) is 0 Å². The molecule has 0 bridgehead atoms. The Morgan fingerprint density at radius 3 is 2.68 bits per heavy atom. The maximum Gasteiger partial charge on any atom is 0.446 e. The molecule has 0 unspecified atom stereocenters. The van der Waals surface area contributed by atoms with Gasteiger partial charge in [0.15, 0.2) is 0 Å². The number of thioether (sulfide) groups is 1. The maximum atomic E-state index is 11.4. The minimum Gasteiger partial charge on any atom is -0.466 e. The summed E-state index contributed by atoms with van der Waals surface area (Å²) in [5, 5.41) is 4.27. The monoisotopic (exact) mass is 309 g/mol. The molecule has 1 amide bonds. The van der Waals surface area contributed by atoms with Crippen molar-refractivity contribution in [2.24, 2.45) is 5.16 Å². The van der Waals surface area contributed by atoms with Crippen LogP contribution >= 0.6 is 23.9 Å². The number of ether oxygens (including phenoxy) is 1. The van der Waals surface area contributed by atoms with Crippen LogP contribution in [-0.2, 0) is 14.4 Å². The van der Waals surface area contributed by atoms with Crippen LogP contribution in [0.25, 0.3) is 0 Å². The van der Waals surface area contributed by atoms with Crippen molar-refractivity contribution in [3.8, 4) is 0 Å². The van der Waals surface area contributed by atoms with Crippen LogP contribution in [0.2, 0.25) is 0 Å². The molecule has 0 aliphatic rings. The number of hydrogen-bond acceptors (Lipinski definition) is 8. The largest absolute Gasteiger partial charge is 0.466 e. The average Bonchev–Trinajstić information content (AvgIpc) is 2.40. The first kappa shape index (κ1) is 18.1. The highest BCUT2D eigenvalue weighted by Crippen LogP contribution is 2.06. The molecule has 0 aliphatic carbocycles. The predicted molar refractivity (Wildman–Crippen MR) is 77.7 cm³/mol. The van der Waals surface area contributed by atoms with Crippen LogP contribution < -0.4 is 4.72 Å². The van der Waals surface area contributed by atoms with Gasteiger partial charge < -0.3 is 4.74 Å². The fourth-order valence-electron chi connectivity index (χ4n) is 0.764. The molecule has 19 heavy (non-hydrogen) atoms. The number of amides is 1. The van der Waals surface area contributed by atoms with Gasteiger partial charge in [-0.05, 0) is 20.1 Å². The molecule has 0 rings (SSSR count). The van der Waals surface area contributed by atoms with E-state index in [9.17, 15) is 9.59 Å². The van der Waals surface area contributed by atoms with E-state index in [1.807, 2.05) is 6.26 Å². The summed E-state index contributed by atoms with van der Waals surface area (Å²) in [6, 6.07) is 0. The van der Waals surface area contributed by atoms with Gasteiger partial charge in [-0.3, -0.25) is 9.63 Å². The molecule has 0 saturated heterocycles. The van der Waals surface area contributed by atoms with Gasteiger partial charge in [0.1, 0.15) is 5.04 Å². The molecule has 0 aliphatic heterocycles. The SMILES string of the molecule is CCOC(=O)CCNSN(C)C(=O)ON=C(C)SC. The fraction of sp³-hybridized carbons (Fsp3) is 0.700. The van der Waals surface area contributed by atoms with Crippen molar-refractivity contribution in [3.05, 3.63) is 0 Å². The quantitative estimate of drug-likeness (QED) is 0.146. The van der Waals surface area contributed by atoms with Gasteiger partial charge in [0.25, 0.3) is 0 Å². The van der Waals surface area contributed by atoms with Crippen molar-refractivity contribution in [1.82, 2.24) is 9.03 Å². The van der Waals surface area contributed by atoms with Gasteiger partial charge in [-0.25, -0.2) is 13.8 Å². The molecular formula is C10H19N3O4S2. The molecule has 0 aromatic rings. The van der Waals surface area contributed by atoms with Crippen LogP contribution in [0.3, 0.4) is 0 Å². The lowest BCUT2D eigenvalue weighted by Gasteiger charge is -2.13. The fourth-order valence-corrected chi connectivity index (χ4v) is 1.37. The smallest absolute Gasteiger partial charge is 0.446 e. The van der Waals surface area contributed by atoms with E-state index in [0.717, 1.165) is 12.1 Å². The Morgan fingerprint density at radius 2 is 2.11 bits per heavy atom. The molecular weight excluding hydrogens is 290 g/mol. The van der Waals surface area contributed by atoms with Crippen LogP contribution in [0, 0.1) is 0 Å². The number of carbonyl (C=O) groups is 2. The van der Waals surface area contributed by atoms with Crippen LogP contribution in [0.4, 0.5) is 4.79 Å². The van der Waals surface area contributed by atoms with Crippen LogP contribution in [0.15, 0.2) is 5.16 Å². The van der Waals surface area contributed by atoms with E-state index < -0.39 is 6.09 Å². The number of hydrogen-bond donors (Lipinski definition) is 1. The summed E-state index contributed by atoms with van der Waals surface area (Å²) in [4.78, 5) is 27.1. The third kappa shape index (κ3) is 9.62. The normalized spacial score (nSPS) is 11.1. The lowest BCUT2D eigenvalue weighted by molar-refractivity contribution is -0.142. The summed E-state index contributed by atoms with van der Waals surface area (Å²) in [6.45, 7) is 4.25. The van der Waals surface area contributed by atoms with Gasteiger partial charge in [-0.1, -0.05) is 5.16 Å². The van der Waals surface area contributed by atoms with E-state index in [-0.39, 0.29) is 12.4 Å². The first-order valence-corrected chi connectivity index (χ1v) is 7.59. The highest BCUT2D eigenvalue weighted by molar-refractivity contribution is 8.13. The summed E-state index contributed by atoms with van der Waals surface area (Å²) in [5.74, 6) is -0.277. The van der Waals surface area contributed by atoms with Crippen LogP contribution in [-0.4, -0.2) is 47.9 Å². The molecule has 0 radical (unpaired) electrons. The Hall–Kier alpha value is -0.930. The third-order valence-electron chi connectivity index (χ3n) is 1.74. The highest BCUT2D eigenvalue weighted by Gasteiger charge is 2.11. The van der Waals surface area contributed by atoms with Crippen molar-refractivity contribution in [3.63, 3.8) is 0 Å². The van der Waals surface area contributed by atoms with E-state index in [2.05, 4.69) is 14.7 Å². The number of esters is 1. The van der Waals surface area contributed by atoms with Crippen molar-refractivity contribution in [2.45, 2.75) is 20.3 Å². The first-order chi connectivity index (χ1) is 9.01. The second-order valence-corrected chi connectivity index (χ2v) is 5.23. The standard InChI is InChI=1S/C10H19N3O4S2/c1-5-16-9(14)6-7-11-19-13(3)10(15)17-12-8(2)18-4/h11H,5-7H2,1-4H3. The zero-order valence-electron chi connectivity index (χ0n) is 11.5. The van der Waals surface area contributed by atoms with Gasteiger partial charge in [-0.2, -0.15) is 0 Å². The molecule has 0 aromatic carbocycles. The number of rotatable bonds is 7. The van der Waals surface area contributed by atoms with Crippen molar-refractivity contribution in [2.75, 3.05) is 26.5 Å². The summed E-state index contributed by atoms with van der Waals surface area (Å²) >= 11 is 2.42. The molecule has 7 nitrogen and oxygen atoms in total. The Bertz CT molecular complexity index is 326. The molecule has 0 saturated carbocycles. The molecule has 1 N–H and O–H groups in total. The zero-order valence-corrected chi connectivity index (χ0v) is 13.1. The summed E-state index contributed by atoms with van der Waals surface area (Å²) in [5.41, 5.74) is 0. The molecule has 0 spiro atoms. The van der Waals surface area contributed by atoms with Gasteiger partial charge in [0.05, 0.1) is 13.0 Å². The van der Waals surface area contributed by atoms with Crippen LogP contribution in [0.1, 0.15) is 20.3 Å². The summed E-state index contributed by atoms with van der Waals surface area (Å²) in [7, 11) is 1.54. The highest BCUT2D eigenvalue weighted by atomic mass is 32.2. The topological polar surface area (TPSA) is 80.2 Å². The molecule has 110 valence electrons. The Labute approximate surface area is 121 Å². The minimum atomic E-state index is -0.595. The average molecular weight is 309 g/mol. The maximum absolute atomic E-state index is 11.4. The lowest BCUT2D eigenvalue weighted by Crippen LogP contribution is -2.25. The van der Waals surface area contributed by atoms with Gasteiger partial charge in [0, 0.05) is 25.7 Å². The number of oxime groups is 1. The van der Waals surface area contributed by atoms with E-state index in [1.54, 1.807) is 13.8 Å². The first-order valence-electron chi connectivity index (χ1n) is 5.60. The number of nitrogens with zero attached hydrogens (tertiary/aromatic N) is 2. The lowest BCUT2D eigenvalue weighted by atomic mass is 10.4. The number of carbonyl (C=O) groups excluding carboxylic acids is 2. The van der Waals surface area contributed by atoms with Crippen molar-refractivity contribution < 1.29 is 19.2 Å². The molecule has 0 atom stereocenters. The predicted octanol–water partition coefficient (Wildman–Crippen LogP) is 1.86. The van der Waals surface area contributed by atoms with E-state index in [1.165, 1.54) is 23.1 Å². The molecule has 0 aromatic heterocycles. The Balaban J connectivity index is 3.76. The van der Waals surface area contributed by atoms with E-state index in [0.29, 0.717) is 18.2 Å². The van der Waals surface area contributed by atoms with Gasteiger partial charge in [0.2, 0.25) is 0 Å². The van der Waals surface area contributed by atoms with Crippen molar-refractivity contribution >= 4 is 41.0 Å². The Morgan fingerprint density at radius 1 is 1.42 bits per heavy atom. The summed E-state index contributed by atoms with van der Waals surface area (Å²) < 4.78 is 8.84. The molecule has 0 heterocycles. The molecule has 0 fully saturated rings. The van der Waals surface area contributed by atoms with E-state index in [4.69, 9.17) is 4.74 Å². The van der Waals surface area contributed by atoms with Crippen LogP contribution in [0.5, 0.6) is 0 Å². The number of nitrogens with one attached hydrogen (secondary N) is 1. The second kappa shape index (κ2) is 10.9. The zero-order chi connectivity index (χ0) is 14.7. The molecule has 9 heteroatoms. The minimum absolute atomic E-state index is 0.244. The van der Waals surface area contributed by atoms with Gasteiger partial charge in [-0.15, -0.1) is 11.8 Å². The Kier molecular flexibility index (Phi) is 10.4. The summed E-state index contributed by atoms with van der Waals surface area (Å²) in [6.07, 6.45) is 1.48. The second-order valence-electron chi connectivity index (χ2n) is 3.21.